The summed E-state index contributed by atoms with van der Waals surface area (Å²) in [6.07, 6.45) is 4.66. The van der Waals surface area contributed by atoms with Gasteiger partial charge in [0.1, 0.15) is 13.7 Å². The van der Waals surface area contributed by atoms with Gasteiger partial charge in [0.15, 0.2) is 10.8 Å². The fraction of sp³-hybridized carbons (Fsp3) is 0.200. The maximum atomic E-state index is 5.70. The molecule has 0 radical (unpaired) electrons. The van der Waals surface area contributed by atoms with Crippen LogP contribution in [0.2, 0.25) is 0 Å². The molecule has 0 aliphatic heterocycles. The van der Waals surface area contributed by atoms with E-state index < -0.39 is 0 Å². The van der Waals surface area contributed by atoms with Crippen LogP contribution in [0.5, 0.6) is 0 Å². The van der Waals surface area contributed by atoms with E-state index in [9.17, 15) is 0 Å². The molecular formula is C10H9I2N5S. The molecule has 2 N–H and O–H groups in total. The first kappa shape index (κ1) is 12.8. The molecule has 0 bridgehead atoms. The molecule has 0 saturated heterocycles. The predicted molar refractivity (Wildman–Crippen MR) is 88.4 cm³/mol. The molecule has 0 aliphatic rings. The van der Waals surface area contributed by atoms with Crippen molar-refractivity contribution in [1.29, 1.82) is 0 Å². The summed E-state index contributed by atoms with van der Waals surface area (Å²) in [4.78, 5) is 9.98. The summed E-state index contributed by atoms with van der Waals surface area (Å²) in [5.41, 5.74) is 6.84. The van der Waals surface area contributed by atoms with E-state index in [0.717, 1.165) is 30.3 Å². The molecule has 3 aromatic rings. The lowest BCUT2D eigenvalue weighted by Crippen LogP contribution is -2.08. The lowest BCUT2D eigenvalue weighted by molar-refractivity contribution is 0.873. The fourth-order valence-electron chi connectivity index (χ4n) is 1.84. The average Bonchev–Trinajstić information content (AvgIpc) is 2.99. The molecule has 0 fully saturated rings. The van der Waals surface area contributed by atoms with Crippen LogP contribution in [0, 0.1) is 7.40 Å². The first-order valence-corrected chi connectivity index (χ1v) is 8.29. The number of halogens is 2. The Morgan fingerprint density at radius 1 is 1.39 bits per heavy atom. The van der Waals surface area contributed by atoms with Crippen LogP contribution in [-0.4, -0.2) is 25.5 Å². The van der Waals surface area contributed by atoms with Crippen LogP contribution in [0.4, 0.5) is 0 Å². The van der Waals surface area contributed by atoms with Crippen molar-refractivity contribution in [3.63, 3.8) is 0 Å². The molecule has 0 aromatic carbocycles. The van der Waals surface area contributed by atoms with E-state index >= 15 is 0 Å². The van der Waals surface area contributed by atoms with Gasteiger partial charge in [-0.3, -0.25) is 8.97 Å². The molecule has 5 nitrogen and oxygen atoms in total. The minimum Gasteiger partial charge on any atom is -0.330 e. The Kier molecular flexibility index (Phi) is 3.60. The minimum absolute atomic E-state index is 0.610. The van der Waals surface area contributed by atoms with Gasteiger partial charge in [0.25, 0.3) is 0 Å². The monoisotopic (exact) mass is 485 g/mol. The zero-order valence-electron chi connectivity index (χ0n) is 9.18. The van der Waals surface area contributed by atoms with Gasteiger partial charge in [-0.2, -0.15) is 0 Å². The second-order valence-corrected chi connectivity index (χ2v) is 6.59. The number of nitrogens with two attached hydrogens (primary N) is 1. The molecule has 0 amide bonds. The van der Waals surface area contributed by atoms with Gasteiger partial charge in [-0.05, 0) is 51.7 Å². The summed E-state index contributed by atoms with van der Waals surface area (Å²) in [5.74, 6) is 0.937. The van der Waals surface area contributed by atoms with Gasteiger partial charge in [0, 0.05) is 18.0 Å². The molecule has 0 saturated carbocycles. The van der Waals surface area contributed by atoms with Gasteiger partial charge >= 0.3 is 0 Å². The first-order chi connectivity index (χ1) is 8.72. The van der Waals surface area contributed by atoms with Crippen molar-refractivity contribution in [3.05, 3.63) is 31.0 Å². The molecule has 3 heterocycles. The Morgan fingerprint density at radius 2 is 2.22 bits per heavy atom. The number of aromatic nitrogens is 4. The van der Waals surface area contributed by atoms with E-state index in [0.29, 0.717) is 6.54 Å². The highest BCUT2D eigenvalue weighted by Crippen LogP contribution is 2.24. The molecular weight excluding hydrogens is 476 g/mol. The lowest BCUT2D eigenvalue weighted by Gasteiger charge is -2.04. The average molecular weight is 485 g/mol. The molecule has 0 spiro atoms. The molecule has 3 aromatic heterocycles. The SMILES string of the molecule is NCCc1c(-n2cnc(I)c2I)nc2sccn12. The highest BCUT2D eigenvalue weighted by molar-refractivity contribution is 14.1. The van der Waals surface area contributed by atoms with E-state index in [1.807, 2.05) is 22.5 Å². The van der Waals surface area contributed by atoms with E-state index in [2.05, 4.69) is 59.6 Å². The standard InChI is InChI=1S/C10H9I2N5S/c11-7-8(12)17(5-14-7)9-6(1-2-13)16-3-4-18-10(16)15-9/h3-5H,1-2,13H2. The molecule has 0 atom stereocenters. The molecule has 0 aliphatic carbocycles. The van der Waals surface area contributed by atoms with Gasteiger partial charge < -0.3 is 5.73 Å². The summed E-state index contributed by atoms with van der Waals surface area (Å²) in [7, 11) is 0. The third-order valence-corrected chi connectivity index (χ3v) is 6.23. The van der Waals surface area contributed by atoms with Crippen LogP contribution in [0.1, 0.15) is 5.69 Å². The maximum absolute atomic E-state index is 5.70. The quantitative estimate of drug-likeness (QED) is 0.580. The largest absolute Gasteiger partial charge is 0.330 e. The summed E-state index contributed by atoms with van der Waals surface area (Å²) in [6, 6.07) is 0. The molecule has 0 unspecified atom stereocenters. The summed E-state index contributed by atoms with van der Waals surface area (Å²) in [5, 5.41) is 2.04. The Morgan fingerprint density at radius 3 is 2.89 bits per heavy atom. The number of hydrogen-bond donors (Lipinski definition) is 1. The van der Waals surface area contributed by atoms with E-state index in [1.165, 1.54) is 0 Å². The molecule has 8 heteroatoms. The van der Waals surface area contributed by atoms with Crippen molar-refractivity contribution in [2.45, 2.75) is 6.42 Å². The molecule has 94 valence electrons. The minimum atomic E-state index is 0.610. The van der Waals surface area contributed by atoms with Crippen LogP contribution in [0.3, 0.4) is 0 Å². The zero-order chi connectivity index (χ0) is 12.7. The number of rotatable bonds is 3. The van der Waals surface area contributed by atoms with Crippen LogP contribution in [0.25, 0.3) is 10.8 Å². The van der Waals surface area contributed by atoms with Gasteiger partial charge in [-0.15, -0.1) is 11.3 Å². The van der Waals surface area contributed by atoms with Crippen molar-refractivity contribution in [2.24, 2.45) is 5.73 Å². The smallest absolute Gasteiger partial charge is 0.195 e. The van der Waals surface area contributed by atoms with Crippen LogP contribution >= 0.6 is 56.5 Å². The summed E-state index contributed by atoms with van der Waals surface area (Å²) < 4.78 is 6.20. The third-order valence-electron chi connectivity index (χ3n) is 2.62. The second kappa shape index (κ2) is 5.06. The van der Waals surface area contributed by atoms with Crippen molar-refractivity contribution >= 4 is 61.5 Å². The number of hydrogen-bond acceptors (Lipinski definition) is 4. The van der Waals surface area contributed by atoms with E-state index in [-0.39, 0.29) is 0 Å². The van der Waals surface area contributed by atoms with E-state index in [1.54, 1.807) is 11.3 Å². The van der Waals surface area contributed by atoms with E-state index in [4.69, 9.17) is 5.73 Å². The Hall–Kier alpha value is -0.200. The number of thiazole rings is 1. The summed E-state index contributed by atoms with van der Waals surface area (Å²) in [6.45, 7) is 0.610. The van der Waals surface area contributed by atoms with Crippen molar-refractivity contribution in [3.8, 4) is 5.82 Å². The zero-order valence-corrected chi connectivity index (χ0v) is 14.3. The predicted octanol–water partition coefficient (Wildman–Crippen LogP) is 2.29. The van der Waals surface area contributed by atoms with Crippen molar-refractivity contribution < 1.29 is 0 Å². The van der Waals surface area contributed by atoms with Crippen molar-refractivity contribution in [1.82, 2.24) is 18.9 Å². The lowest BCUT2D eigenvalue weighted by atomic mass is 10.3. The first-order valence-electron chi connectivity index (χ1n) is 5.25. The highest BCUT2D eigenvalue weighted by Gasteiger charge is 2.17. The molecule has 3 rings (SSSR count). The Bertz CT molecular complexity index is 698. The van der Waals surface area contributed by atoms with Crippen LogP contribution in [0.15, 0.2) is 17.9 Å². The number of imidazole rings is 2. The number of fused-ring (bicyclic) bond motifs is 1. The third kappa shape index (κ3) is 1.98. The van der Waals surface area contributed by atoms with Crippen molar-refractivity contribution in [2.75, 3.05) is 6.54 Å². The second-order valence-electron chi connectivity index (χ2n) is 3.67. The summed E-state index contributed by atoms with van der Waals surface area (Å²) >= 11 is 6.14. The van der Waals surface area contributed by atoms with Gasteiger partial charge in [0.05, 0.1) is 5.69 Å². The Labute approximate surface area is 135 Å². The topological polar surface area (TPSA) is 61.1 Å². The van der Waals surface area contributed by atoms with Gasteiger partial charge in [0.2, 0.25) is 0 Å². The number of nitrogens with zero attached hydrogens (tertiary/aromatic N) is 4. The normalized spacial score (nSPS) is 11.5. The van der Waals surface area contributed by atoms with Crippen LogP contribution < -0.4 is 5.73 Å². The Balaban J connectivity index is 2.24. The highest BCUT2D eigenvalue weighted by atomic mass is 127. The maximum Gasteiger partial charge on any atom is 0.195 e. The van der Waals surface area contributed by atoms with Gasteiger partial charge in [-0.25, -0.2) is 9.97 Å². The van der Waals surface area contributed by atoms with Crippen LogP contribution in [-0.2, 0) is 6.42 Å². The fourth-order valence-corrected chi connectivity index (χ4v) is 3.45. The van der Waals surface area contributed by atoms with Gasteiger partial charge in [-0.1, -0.05) is 0 Å². The molecule has 18 heavy (non-hydrogen) atoms.